The number of aliphatic hydroxyl groups is 1. The molecule has 0 atom stereocenters. The number of thiophene rings is 1. The Hall–Kier alpha value is -1.31. The minimum absolute atomic E-state index is 0.0601. The highest BCUT2D eigenvalue weighted by atomic mass is 35.5. The monoisotopic (exact) mass is 337 g/mol. The van der Waals surface area contributed by atoms with Crippen molar-refractivity contribution in [3.05, 3.63) is 33.7 Å². The molecule has 0 saturated carbocycles. The lowest BCUT2D eigenvalue weighted by molar-refractivity contribution is -0.137. The molecule has 1 heterocycles. The quantitative estimate of drug-likeness (QED) is 0.836. The Morgan fingerprint density at radius 2 is 2.10 bits per heavy atom. The van der Waals surface area contributed by atoms with Gasteiger partial charge in [0.1, 0.15) is 4.88 Å². The molecule has 0 aliphatic carbocycles. The van der Waals surface area contributed by atoms with E-state index >= 15 is 0 Å². The van der Waals surface area contributed by atoms with Crippen molar-refractivity contribution in [3.63, 3.8) is 0 Å². The number of nitrogens with one attached hydrogen (secondary N) is 1. The highest BCUT2D eigenvalue weighted by Crippen LogP contribution is 2.39. The van der Waals surface area contributed by atoms with E-state index in [0.29, 0.717) is 16.5 Å². The molecule has 0 saturated heterocycles. The smallest absolute Gasteiger partial charge is 0.396 e. The van der Waals surface area contributed by atoms with Crippen LogP contribution in [0.15, 0.2) is 18.2 Å². The van der Waals surface area contributed by atoms with E-state index in [0.717, 1.165) is 23.5 Å². The molecule has 0 fully saturated rings. The first kappa shape index (κ1) is 16.1. The molecule has 8 heteroatoms. The van der Waals surface area contributed by atoms with Crippen molar-refractivity contribution in [2.24, 2.45) is 0 Å². The molecule has 0 aliphatic heterocycles. The maximum Gasteiger partial charge on any atom is 0.416 e. The number of halogens is 4. The van der Waals surface area contributed by atoms with Gasteiger partial charge in [-0.05, 0) is 18.6 Å². The fourth-order valence-electron chi connectivity index (χ4n) is 1.75. The van der Waals surface area contributed by atoms with Gasteiger partial charge in [-0.25, -0.2) is 0 Å². The van der Waals surface area contributed by atoms with Gasteiger partial charge in [0.15, 0.2) is 0 Å². The van der Waals surface area contributed by atoms with Crippen molar-refractivity contribution in [2.75, 3.05) is 13.2 Å². The average Bonchev–Trinajstić information content (AvgIpc) is 2.75. The highest BCUT2D eigenvalue weighted by Gasteiger charge is 2.31. The Morgan fingerprint density at radius 1 is 1.38 bits per heavy atom. The summed E-state index contributed by atoms with van der Waals surface area (Å²) in [6.45, 7) is 0.211. The molecular weight excluding hydrogens is 327 g/mol. The zero-order valence-electron chi connectivity index (χ0n) is 10.6. The Balaban J connectivity index is 2.34. The maximum atomic E-state index is 12.7. The van der Waals surface area contributed by atoms with Gasteiger partial charge < -0.3 is 10.4 Å². The van der Waals surface area contributed by atoms with Crippen LogP contribution in [-0.2, 0) is 6.18 Å². The molecule has 114 valence electrons. The summed E-state index contributed by atoms with van der Waals surface area (Å²) in [5.41, 5.74) is -0.778. The predicted molar refractivity (Wildman–Crippen MR) is 75.9 cm³/mol. The zero-order valence-corrected chi connectivity index (χ0v) is 12.2. The topological polar surface area (TPSA) is 49.3 Å². The van der Waals surface area contributed by atoms with Crippen LogP contribution in [0.25, 0.3) is 10.1 Å². The summed E-state index contributed by atoms with van der Waals surface area (Å²) in [7, 11) is 0. The van der Waals surface area contributed by atoms with Gasteiger partial charge in [0, 0.05) is 23.2 Å². The highest BCUT2D eigenvalue weighted by molar-refractivity contribution is 7.21. The van der Waals surface area contributed by atoms with Gasteiger partial charge in [-0.1, -0.05) is 17.7 Å². The molecule has 0 unspecified atom stereocenters. The standard InChI is InChI=1S/C13H11ClF3NO2S/c14-10-8-3-2-7(13(15,16)17)6-9(8)21-11(10)12(20)18-4-1-5-19/h2-3,6,19H,1,4-5H2,(H,18,20). The van der Waals surface area contributed by atoms with E-state index in [9.17, 15) is 18.0 Å². The number of rotatable bonds is 4. The van der Waals surface area contributed by atoms with E-state index in [2.05, 4.69) is 5.32 Å². The number of alkyl halides is 3. The van der Waals surface area contributed by atoms with Crippen molar-refractivity contribution >= 4 is 38.9 Å². The van der Waals surface area contributed by atoms with E-state index in [-0.39, 0.29) is 23.1 Å². The molecule has 2 N–H and O–H groups in total. The van der Waals surface area contributed by atoms with Crippen molar-refractivity contribution < 1.29 is 23.1 Å². The molecule has 21 heavy (non-hydrogen) atoms. The fraction of sp³-hybridized carbons (Fsp3) is 0.308. The van der Waals surface area contributed by atoms with Crippen LogP contribution in [0.3, 0.4) is 0 Å². The summed E-state index contributed by atoms with van der Waals surface area (Å²) in [4.78, 5) is 12.1. The first-order valence-corrected chi connectivity index (χ1v) is 7.22. The van der Waals surface area contributed by atoms with Gasteiger partial charge >= 0.3 is 6.18 Å². The Morgan fingerprint density at radius 3 is 2.71 bits per heavy atom. The van der Waals surface area contributed by atoms with E-state index in [1.54, 1.807) is 0 Å². The summed E-state index contributed by atoms with van der Waals surface area (Å²) in [6.07, 6.45) is -4.04. The molecule has 3 nitrogen and oxygen atoms in total. The summed E-state index contributed by atoms with van der Waals surface area (Å²) >= 11 is 6.96. The second kappa shape index (κ2) is 6.21. The molecule has 2 aromatic rings. The summed E-state index contributed by atoms with van der Waals surface area (Å²) in [5, 5.41) is 11.8. The minimum atomic E-state index is -4.44. The number of fused-ring (bicyclic) bond motifs is 1. The lowest BCUT2D eigenvalue weighted by Gasteiger charge is -2.05. The summed E-state index contributed by atoms with van der Waals surface area (Å²) in [5.74, 6) is -0.455. The van der Waals surface area contributed by atoms with E-state index in [1.807, 2.05) is 0 Å². The Bertz CT molecular complexity index is 669. The molecule has 0 spiro atoms. The van der Waals surface area contributed by atoms with Gasteiger partial charge in [0.25, 0.3) is 5.91 Å². The van der Waals surface area contributed by atoms with Crippen molar-refractivity contribution in [2.45, 2.75) is 12.6 Å². The molecule has 0 aliphatic rings. The largest absolute Gasteiger partial charge is 0.416 e. The average molecular weight is 338 g/mol. The van der Waals surface area contributed by atoms with E-state index < -0.39 is 17.6 Å². The molecular formula is C13H11ClF3NO2S. The minimum Gasteiger partial charge on any atom is -0.396 e. The zero-order chi connectivity index (χ0) is 15.6. The maximum absolute atomic E-state index is 12.7. The number of hydrogen-bond acceptors (Lipinski definition) is 3. The van der Waals surface area contributed by atoms with Gasteiger partial charge in [0.2, 0.25) is 0 Å². The fourth-order valence-corrected chi connectivity index (χ4v) is 3.22. The van der Waals surface area contributed by atoms with Crippen LogP contribution in [0.5, 0.6) is 0 Å². The third-order valence-electron chi connectivity index (χ3n) is 2.78. The first-order valence-electron chi connectivity index (χ1n) is 6.03. The molecule has 1 aromatic heterocycles. The lowest BCUT2D eigenvalue weighted by atomic mass is 10.1. The number of benzene rings is 1. The molecule has 1 amide bonds. The van der Waals surface area contributed by atoms with Gasteiger partial charge in [0.05, 0.1) is 10.6 Å². The number of aliphatic hydroxyl groups excluding tert-OH is 1. The van der Waals surface area contributed by atoms with Crippen LogP contribution in [0.4, 0.5) is 13.2 Å². The summed E-state index contributed by atoms with van der Waals surface area (Å²) < 4.78 is 38.3. The molecule has 2 rings (SSSR count). The second-order valence-electron chi connectivity index (χ2n) is 4.29. The van der Waals surface area contributed by atoms with Crippen LogP contribution in [0, 0.1) is 0 Å². The lowest BCUT2D eigenvalue weighted by Crippen LogP contribution is -2.24. The van der Waals surface area contributed by atoms with Crippen molar-refractivity contribution in [1.29, 1.82) is 0 Å². The third-order valence-corrected chi connectivity index (χ3v) is 4.44. The van der Waals surface area contributed by atoms with Crippen molar-refractivity contribution in [3.8, 4) is 0 Å². The van der Waals surface area contributed by atoms with Crippen LogP contribution in [-0.4, -0.2) is 24.2 Å². The first-order chi connectivity index (χ1) is 9.84. The van der Waals surface area contributed by atoms with Crippen LogP contribution in [0.2, 0.25) is 5.02 Å². The SMILES string of the molecule is O=C(NCCCO)c1sc2cc(C(F)(F)F)ccc2c1Cl. The summed E-state index contributed by atoms with van der Waals surface area (Å²) in [6, 6.07) is 3.19. The van der Waals surface area contributed by atoms with Gasteiger partial charge in [-0.2, -0.15) is 13.2 Å². The predicted octanol–water partition coefficient (Wildman–Crippen LogP) is 3.69. The van der Waals surface area contributed by atoms with E-state index in [1.165, 1.54) is 6.07 Å². The number of carbonyl (C=O) groups is 1. The number of amides is 1. The van der Waals surface area contributed by atoms with Gasteiger partial charge in [-0.3, -0.25) is 4.79 Å². The van der Waals surface area contributed by atoms with Gasteiger partial charge in [-0.15, -0.1) is 11.3 Å². The number of carbonyl (C=O) groups excluding carboxylic acids is 1. The third kappa shape index (κ3) is 3.48. The van der Waals surface area contributed by atoms with E-state index in [4.69, 9.17) is 16.7 Å². The van der Waals surface area contributed by atoms with Crippen LogP contribution < -0.4 is 5.32 Å². The molecule has 0 bridgehead atoms. The van der Waals surface area contributed by atoms with Crippen molar-refractivity contribution in [1.82, 2.24) is 5.32 Å². The van der Waals surface area contributed by atoms with Crippen LogP contribution in [0.1, 0.15) is 21.7 Å². The Kier molecular flexibility index (Phi) is 4.75. The molecule has 1 aromatic carbocycles. The molecule has 0 radical (unpaired) electrons. The second-order valence-corrected chi connectivity index (χ2v) is 5.72. The van der Waals surface area contributed by atoms with Crippen LogP contribution >= 0.6 is 22.9 Å². The Labute approximate surface area is 127 Å². The number of hydrogen-bond donors (Lipinski definition) is 2. The normalized spacial score (nSPS) is 11.9.